The van der Waals surface area contributed by atoms with Crippen LogP contribution in [0.1, 0.15) is 112 Å². The maximum absolute atomic E-state index is 6.40. The molecule has 0 amide bonds. The van der Waals surface area contributed by atoms with E-state index >= 15 is 0 Å². The Morgan fingerprint density at radius 2 is 0.441 bits per heavy atom. The molecule has 0 fully saturated rings. The molecule has 6 nitrogen and oxygen atoms in total. The van der Waals surface area contributed by atoms with Gasteiger partial charge in [-0.3, -0.25) is 0 Å². The minimum atomic E-state index is -3.66. The van der Waals surface area contributed by atoms with E-state index in [1.807, 2.05) is 21.3 Å². The van der Waals surface area contributed by atoms with Gasteiger partial charge in [-0.2, -0.15) is 0 Å². The summed E-state index contributed by atoms with van der Waals surface area (Å²) in [6.45, 7) is 13.1. The van der Waals surface area contributed by atoms with E-state index in [-0.39, 0.29) is 0 Å². The van der Waals surface area contributed by atoms with Crippen LogP contribution in [0.3, 0.4) is 0 Å². The van der Waals surface area contributed by atoms with Gasteiger partial charge in [0, 0.05) is 0 Å². The Morgan fingerprint density at radius 1 is 0.250 bits per heavy atom. The zero-order valence-electron chi connectivity index (χ0n) is 44.0. The molecule has 0 bridgehead atoms. The summed E-state index contributed by atoms with van der Waals surface area (Å²) >= 11 is 0. The second-order valence-corrected chi connectivity index (χ2v) is 28.7. The van der Waals surface area contributed by atoms with Crippen LogP contribution in [-0.4, -0.2) is 42.7 Å². The fourth-order valence-corrected chi connectivity index (χ4v) is 31.0. The molecule has 0 aliphatic carbocycles. The van der Waals surface area contributed by atoms with E-state index in [9.17, 15) is 0 Å². The molecule has 0 spiro atoms. The van der Waals surface area contributed by atoms with Gasteiger partial charge >= 0.3 is 412 Å². The molecule has 0 radical (unpaired) electrons. The van der Waals surface area contributed by atoms with Gasteiger partial charge in [0.25, 0.3) is 0 Å². The zero-order valence-corrected chi connectivity index (χ0v) is 46.0. The van der Waals surface area contributed by atoms with E-state index in [1.54, 1.807) is 21.3 Å². The first kappa shape index (κ1) is 52.4. The third-order valence-corrected chi connectivity index (χ3v) is 31.5. The molecule has 0 aliphatic heterocycles. The molecule has 0 aromatic heterocycles. The standard InChI is InChI=1S/C60H80O6P2/c1-16-40-31-49(25-28-55(40)61-10)67(50-26-29-56(62-11)41(17-2)32-50,51-27-30-57(63-12)42(18-3)33-51)68(52-34-43(19-4)58(64-13)44(20-5)35-52,53-36-45(21-6)59(65-14)46(22-7)37-53)54-38-47(23-8)60(66-15)48(24-9)39-54/h25-39,67-68H,16-24H2,1-15H3. The Hall–Kier alpha value is -5.02. The van der Waals surface area contributed by atoms with E-state index in [4.69, 9.17) is 28.4 Å². The van der Waals surface area contributed by atoms with Gasteiger partial charge in [-0.1, -0.05) is 0 Å². The van der Waals surface area contributed by atoms with Crippen molar-refractivity contribution in [2.24, 2.45) is 0 Å². The number of ether oxygens (including phenoxy) is 6. The summed E-state index contributed by atoms with van der Waals surface area (Å²) < 4.78 is 37.8. The summed E-state index contributed by atoms with van der Waals surface area (Å²) in [5, 5.41) is 8.14. The van der Waals surface area contributed by atoms with Crippen molar-refractivity contribution < 1.29 is 28.4 Å². The molecule has 366 valence electrons. The summed E-state index contributed by atoms with van der Waals surface area (Å²) in [4.78, 5) is 0. The molecule has 0 heterocycles. The monoisotopic (exact) mass is 959 g/mol. The molecule has 0 saturated heterocycles. The van der Waals surface area contributed by atoms with Crippen LogP contribution in [0, 0.1) is 0 Å². The van der Waals surface area contributed by atoms with Crippen molar-refractivity contribution in [2.75, 3.05) is 42.7 Å². The average Bonchev–Trinajstić information content (AvgIpc) is 3.40. The third-order valence-electron chi connectivity index (χ3n) is 14.8. The maximum atomic E-state index is 6.40. The van der Waals surface area contributed by atoms with Gasteiger partial charge in [-0.15, -0.1) is 0 Å². The van der Waals surface area contributed by atoms with E-state index in [0.29, 0.717) is 0 Å². The summed E-state index contributed by atoms with van der Waals surface area (Å²) in [7, 11) is 10.9. The summed E-state index contributed by atoms with van der Waals surface area (Å²) in [6.07, 6.45) is 7.38. The number of benzene rings is 6. The molecule has 0 saturated carbocycles. The first-order valence-corrected chi connectivity index (χ1v) is 30.1. The Morgan fingerprint density at radius 3 is 0.618 bits per heavy atom. The van der Waals surface area contributed by atoms with Gasteiger partial charge in [0.2, 0.25) is 0 Å². The Bertz CT molecular complexity index is 2340. The fourth-order valence-electron chi connectivity index (χ4n) is 11.4. The van der Waals surface area contributed by atoms with Crippen LogP contribution >= 0.6 is 13.9 Å². The van der Waals surface area contributed by atoms with Gasteiger partial charge in [0.15, 0.2) is 0 Å². The summed E-state index contributed by atoms with van der Waals surface area (Å²) in [5.41, 5.74) is 10.9. The first-order chi connectivity index (χ1) is 33.0. The second-order valence-electron chi connectivity index (χ2n) is 17.7. The Kier molecular flexibility index (Phi) is 17.8. The van der Waals surface area contributed by atoms with Crippen molar-refractivity contribution in [3.05, 3.63) is 141 Å². The van der Waals surface area contributed by atoms with Gasteiger partial charge in [-0.05, 0) is 0 Å². The SMILES string of the molecule is CCc1cc([PH](c2ccc(OC)c(CC)c2)(c2ccc(OC)c(CC)c2)[PH](c2cc(CC)c(OC)c(CC)c2)(c2cc(CC)c(OC)c(CC)c2)c2cc(CC)c(OC)c(CC)c2)ccc1OC. The predicted molar refractivity (Wildman–Crippen MR) is 297 cm³/mol. The number of hydrogen-bond acceptors (Lipinski definition) is 6. The molecule has 6 aromatic carbocycles. The zero-order chi connectivity index (χ0) is 49.3. The third kappa shape index (κ3) is 8.90. The van der Waals surface area contributed by atoms with E-state index in [1.165, 1.54) is 81.9 Å². The van der Waals surface area contributed by atoms with Crippen molar-refractivity contribution in [1.82, 2.24) is 0 Å². The normalized spacial score (nSPS) is 12.2. The topological polar surface area (TPSA) is 55.4 Å². The number of hydrogen-bond donors (Lipinski definition) is 0. The molecule has 8 heteroatoms. The predicted octanol–water partition coefficient (Wildman–Crippen LogP) is 11.5. The van der Waals surface area contributed by atoms with Crippen LogP contribution in [0.4, 0.5) is 0 Å². The van der Waals surface area contributed by atoms with Crippen molar-refractivity contribution in [2.45, 2.75) is 120 Å². The van der Waals surface area contributed by atoms with E-state index < -0.39 is 13.9 Å². The number of rotatable bonds is 22. The second kappa shape index (κ2) is 23.1. The molecule has 6 rings (SSSR count). The fraction of sp³-hybridized carbons (Fsp3) is 0.400. The van der Waals surface area contributed by atoms with Crippen LogP contribution in [0.5, 0.6) is 34.5 Å². The van der Waals surface area contributed by atoms with E-state index in [0.717, 1.165) is 92.3 Å². The molecule has 0 aliphatic rings. The van der Waals surface area contributed by atoms with Crippen molar-refractivity contribution in [1.29, 1.82) is 0 Å². The van der Waals surface area contributed by atoms with Gasteiger partial charge < -0.3 is 0 Å². The van der Waals surface area contributed by atoms with Crippen molar-refractivity contribution in [3.63, 3.8) is 0 Å². The Balaban J connectivity index is 2.19. The van der Waals surface area contributed by atoms with Crippen molar-refractivity contribution >= 4 is 45.7 Å². The summed E-state index contributed by atoms with van der Waals surface area (Å²) in [6, 6.07) is 37.0. The minimum absolute atomic E-state index is 0.815. The van der Waals surface area contributed by atoms with Crippen LogP contribution in [0.15, 0.2) is 91.0 Å². The molecule has 0 N–H and O–H groups in total. The van der Waals surface area contributed by atoms with Gasteiger partial charge in [0.05, 0.1) is 0 Å². The van der Waals surface area contributed by atoms with Crippen molar-refractivity contribution in [3.8, 4) is 34.5 Å². The Labute approximate surface area is 410 Å². The molecular formula is C60H80O6P2. The molecule has 0 unspecified atom stereocenters. The first-order valence-electron chi connectivity index (χ1n) is 25.1. The number of methoxy groups -OCH3 is 6. The van der Waals surface area contributed by atoms with Crippen LogP contribution in [0.2, 0.25) is 0 Å². The quantitative estimate of drug-likeness (QED) is 0.0632. The van der Waals surface area contributed by atoms with E-state index in [2.05, 4.69) is 153 Å². The van der Waals surface area contributed by atoms with Crippen LogP contribution in [0.25, 0.3) is 0 Å². The molecule has 0 atom stereocenters. The van der Waals surface area contributed by atoms with Gasteiger partial charge in [-0.25, -0.2) is 0 Å². The van der Waals surface area contributed by atoms with Crippen LogP contribution in [-0.2, 0) is 57.8 Å². The molecule has 68 heavy (non-hydrogen) atoms. The van der Waals surface area contributed by atoms with Gasteiger partial charge in [0.1, 0.15) is 0 Å². The summed E-state index contributed by atoms with van der Waals surface area (Å²) in [5.74, 6) is 5.67. The average molecular weight is 959 g/mol. The van der Waals surface area contributed by atoms with Crippen LogP contribution < -0.4 is 60.2 Å². The molecule has 6 aromatic rings. The number of aryl methyl sites for hydroxylation is 9. The molecular weight excluding hydrogens is 879 g/mol.